The van der Waals surface area contributed by atoms with Crippen LogP contribution in [0.5, 0.6) is 0 Å². The highest BCUT2D eigenvalue weighted by Gasteiger charge is 2.03. The molecule has 0 saturated carbocycles. The fourth-order valence-corrected chi connectivity index (χ4v) is 3.63. The predicted octanol–water partition coefficient (Wildman–Crippen LogP) is 7.03. The van der Waals surface area contributed by atoms with Crippen molar-refractivity contribution in [3.05, 3.63) is 0 Å². The highest BCUT2D eigenvalue weighted by atomic mass is 15.1. The maximum atomic E-state index is 4.45. The largest absolute Gasteiger partial charge is 0.372 e. The second kappa shape index (κ2) is 17.3. The molecule has 0 spiro atoms. The number of nitrogens with zero attached hydrogens (tertiary/aromatic N) is 1. The Morgan fingerprint density at radius 1 is 0.625 bits per heavy atom. The van der Waals surface area contributed by atoms with E-state index in [0.717, 1.165) is 13.1 Å². The van der Waals surface area contributed by atoms with Gasteiger partial charge in [-0.3, -0.25) is 4.99 Å². The predicted molar refractivity (Wildman–Crippen MR) is 109 cm³/mol. The van der Waals surface area contributed by atoms with Gasteiger partial charge in [-0.1, -0.05) is 110 Å². The van der Waals surface area contributed by atoms with Crippen LogP contribution in [-0.4, -0.2) is 18.9 Å². The summed E-state index contributed by atoms with van der Waals surface area (Å²) in [6, 6.07) is 0. The Labute approximate surface area is 152 Å². The Morgan fingerprint density at radius 3 is 1.42 bits per heavy atom. The van der Waals surface area contributed by atoms with Gasteiger partial charge in [0.1, 0.15) is 0 Å². The molecule has 0 fully saturated rings. The number of hydrogen-bond donors (Lipinski definition) is 1. The summed E-state index contributed by atoms with van der Waals surface area (Å²) in [5.41, 5.74) is 0. The van der Waals surface area contributed by atoms with Gasteiger partial charge in [0.2, 0.25) is 0 Å². The maximum absolute atomic E-state index is 4.45. The van der Waals surface area contributed by atoms with E-state index in [4.69, 9.17) is 0 Å². The molecule has 0 aromatic carbocycles. The van der Waals surface area contributed by atoms with Crippen molar-refractivity contribution < 1.29 is 0 Å². The number of nitrogens with one attached hydrogen (secondary N) is 1. The first kappa shape index (κ1) is 21.5. The first-order valence-corrected chi connectivity index (χ1v) is 11.2. The molecule has 0 saturated heterocycles. The Bertz CT molecular complexity index is 286. The standard InChI is InChI=1S/C22H44N2/c1-2-3-4-5-6-7-8-9-10-11-12-13-14-15-16-17-18-19-22-23-20-21-24-22/h2-21H2,1H3,(H,23,24). The van der Waals surface area contributed by atoms with Crippen LogP contribution in [0.4, 0.5) is 0 Å². The Balaban J connectivity index is 1.65. The van der Waals surface area contributed by atoms with E-state index in [-0.39, 0.29) is 0 Å². The van der Waals surface area contributed by atoms with Gasteiger partial charge >= 0.3 is 0 Å². The van der Waals surface area contributed by atoms with Crippen molar-refractivity contribution in [3.63, 3.8) is 0 Å². The molecule has 24 heavy (non-hydrogen) atoms. The van der Waals surface area contributed by atoms with Gasteiger partial charge in [-0.2, -0.15) is 0 Å². The molecule has 0 aromatic rings. The third-order valence-corrected chi connectivity index (χ3v) is 5.26. The van der Waals surface area contributed by atoms with Gasteiger partial charge in [0.25, 0.3) is 0 Å². The average molecular weight is 337 g/mol. The van der Waals surface area contributed by atoms with Crippen LogP contribution in [-0.2, 0) is 0 Å². The van der Waals surface area contributed by atoms with Crippen LogP contribution in [0, 0.1) is 0 Å². The molecule has 0 aromatic heterocycles. The Hall–Kier alpha value is -0.530. The molecular weight excluding hydrogens is 292 g/mol. The molecule has 1 rings (SSSR count). The summed E-state index contributed by atoms with van der Waals surface area (Å²) in [6.07, 6.45) is 25.7. The molecule has 0 atom stereocenters. The summed E-state index contributed by atoms with van der Waals surface area (Å²) in [6.45, 7) is 4.35. The third-order valence-electron chi connectivity index (χ3n) is 5.26. The van der Waals surface area contributed by atoms with E-state index in [0.29, 0.717) is 0 Å². The van der Waals surface area contributed by atoms with Crippen LogP contribution in [0.1, 0.15) is 122 Å². The number of rotatable bonds is 18. The van der Waals surface area contributed by atoms with Crippen molar-refractivity contribution in [2.75, 3.05) is 13.1 Å². The van der Waals surface area contributed by atoms with Gasteiger partial charge < -0.3 is 5.32 Å². The molecule has 1 N–H and O–H groups in total. The van der Waals surface area contributed by atoms with Crippen LogP contribution in [0.3, 0.4) is 0 Å². The molecule has 2 nitrogen and oxygen atoms in total. The minimum Gasteiger partial charge on any atom is -0.372 e. The molecular formula is C22H44N2. The monoisotopic (exact) mass is 336 g/mol. The summed E-state index contributed by atoms with van der Waals surface area (Å²) in [7, 11) is 0. The first-order chi connectivity index (χ1) is 11.9. The maximum Gasteiger partial charge on any atom is 0.0964 e. The SMILES string of the molecule is CCCCCCCCCCCCCCCCCCCC1=NCCN1. The van der Waals surface area contributed by atoms with Gasteiger partial charge in [-0.15, -0.1) is 0 Å². The highest BCUT2D eigenvalue weighted by Crippen LogP contribution is 2.14. The van der Waals surface area contributed by atoms with E-state index >= 15 is 0 Å². The Morgan fingerprint density at radius 2 is 1.04 bits per heavy atom. The smallest absolute Gasteiger partial charge is 0.0964 e. The quantitative estimate of drug-likeness (QED) is 0.267. The van der Waals surface area contributed by atoms with Gasteiger partial charge in [-0.25, -0.2) is 0 Å². The molecule has 0 bridgehead atoms. The summed E-state index contributed by atoms with van der Waals surface area (Å²) < 4.78 is 0. The fraction of sp³-hybridized carbons (Fsp3) is 0.955. The Kier molecular flexibility index (Phi) is 15.5. The minimum atomic E-state index is 0.994. The van der Waals surface area contributed by atoms with Crippen molar-refractivity contribution in [1.82, 2.24) is 5.32 Å². The lowest BCUT2D eigenvalue weighted by atomic mass is 10.0. The fourth-order valence-electron chi connectivity index (χ4n) is 3.63. The van der Waals surface area contributed by atoms with E-state index < -0.39 is 0 Å². The van der Waals surface area contributed by atoms with E-state index in [2.05, 4.69) is 17.2 Å². The molecule has 142 valence electrons. The third kappa shape index (κ3) is 13.9. The zero-order valence-corrected chi connectivity index (χ0v) is 16.6. The van der Waals surface area contributed by atoms with Crippen LogP contribution >= 0.6 is 0 Å². The zero-order chi connectivity index (χ0) is 17.1. The summed E-state index contributed by atoms with van der Waals surface area (Å²) in [5, 5.41) is 3.36. The van der Waals surface area contributed by atoms with E-state index in [1.807, 2.05) is 0 Å². The van der Waals surface area contributed by atoms with Crippen LogP contribution in [0.15, 0.2) is 4.99 Å². The lowest BCUT2D eigenvalue weighted by Crippen LogP contribution is -2.17. The summed E-state index contributed by atoms with van der Waals surface area (Å²) in [4.78, 5) is 4.45. The molecule has 1 aliphatic rings. The lowest BCUT2D eigenvalue weighted by molar-refractivity contribution is 0.528. The van der Waals surface area contributed by atoms with Crippen molar-refractivity contribution >= 4 is 5.84 Å². The molecule has 0 amide bonds. The zero-order valence-electron chi connectivity index (χ0n) is 16.6. The van der Waals surface area contributed by atoms with Crippen molar-refractivity contribution in [3.8, 4) is 0 Å². The number of amidine groups is 1. The number of hydrogen-bond acceptors (Lipinski definition) is 2. The molecule has 0 radical (unpaired) electrons. The first-order valence-electron chi connectivity index (χ1n) is 11.2. The summed E-state index contributed by atoms with van der Waals surface area (Å²) >= 11 is 0. The van der Waals surface area contributed by atoms with Gasteiger partial charge in [0.15, 0.2) is 0 Å². The molecule has 1 heterocycles. The van der Waals surface area contributed by atoms with Crippen LogP contribution in [0.2, 0.25) is 0 Å². The second-order valence-electron chi connectivity index (χ2n) is 7.66. The molecule has 2 heteroatoms. The van der Waals surface area contributed by atoms with E-state index in [1.54, 1.807) is 0 Å². The van der Waals surface area contributed by atoms with Gasteiger partial charge in [0.05, 0.1) is 12.4 Å². The van der Waals surface area contributed by atoms with Crippen molar-refractivity contribution in [2.24, 2.45) is 4.99 Å². The normalized spacial score (nSPS) is 14.0. The number of aliphatic imine (C=N–C) groups is 1. The van der Waals surface area contributed by atoms with E-state index in [9.17, 15) is 0 Å². The van der Waals surface area contributed by atoms with Gasteiger partial charge in [0, 0.05) is 13.0 Å². The number of unbranched alkanes of at least 4 members (excludes halogenated alkanes) is 16. The molecule has 0 aliphatic carbocycles. The van der Waals surface area contributed by atoms with Gasteiger partial charge in [-0.05, 0) is 6.42 Å². The topological polar surface area (TPSA) is 24.4 Å². The minimum absolute atomic E-state index is 0.994. The molecule has 0 unspecified atom stereocenters. The van der Waals surface area contributed by atoms with Crippen LogP contribution < -0.4 is 5.32 Å². The summed E-state index contributed by atoms with van der Waals surface area (Å²) in [5.74, 6) is 1.26. The van der Waals surface area contributed by atoms with Crippen molar-refractivity contribution in [2.45, 2.75) is 122 Å². The average Bonchev–Trinajstić information content (AvgIpc) is 3.11. The molecule has 1 aliphatic heterocycles. The second-order valence-corrected chi connectivity index (χ2v) is 7.66. The van der Waals surface area contributed by atoms with Crippen molar-refractivity contribution in [1.29, 1.82) is 0 Å². The van der Waals surface area contributed by atoms with Crippen LogP contribution in [0.25, 0.3) is 0 Å². The highest BCUT2D eigenvalue weighted by molar-refractivity contribution is 5.83. The van der Waals surface area contributed by atoms with E-state index in [1.165, 1.54) is 121 Å². The lowest BCUT2D eigenvalue weighted by Gasteiger charge is -2.04.